The number of carbonyl (C=O) groups is 1. The molecule has 0 atom stereocenters. The minimum atomic E-state index is -0.566. The van der Waals surface area contributed by atoms with Gasteiger partial charge in [-0.1, -0.05) is 6.07 Å². The molecular formula is C14H12IN3O3. The Balaban J connectivity index is 2.35. The number of nitro benzene ring substituents is 1. The van der Waals surface area contributed by atoms with E-state index >= 15 is 0 Å². The second-order valence-corrected chi connectivity index (χ2v) is 5.45. The SMILES string of the molecule is CNc1ccc([N+](=O)[O-])c(C(=O)Nc2cccc(I)c2)c1. The van der Waals surface area contributed by atoms with E-state index in [1.54, 1.807) is 31.3 Å². The van der Waals surface area contributed by atoms with Gasteiger partial charge < -0.3 is 10.6 Å². The molecule has 0 unspecified atom stereocenters. The lowest BCUT2D eigenvalue weighted by Crippen LogP contribution is -2.14. The van der Waals surface area contributed by atoms with Crippen molar-refractivity contribution in [2.45, 2.75) is 0 Å². The van der Waals surface area contributed by atoms with Gasteiger partial charge in [-0.05, 0) is 52.9 Å². The van der Waals surface area contributed by atoms with Crippen molar-refractivity contribution in [1.29, 1.82) is 0 Å². The number of benzene rings is 2. The molecule has 0 aliphatic carbocycles. The van der Waals surface area contributed by atoms with Gasteiger partial charge in [0.1, 0.15) is 5.56 Å². The molecule has 2 aromatic carbocycles. The van der Waals surface area contributed by atoms with Crippen LogP contribution in [0.25, 0.3) is 0 Å². The third-order valence-electron chi connectivity index (χ3n) is 2.81. The van der Waals surface area contributed by atoms with Gasteiger partial charge in [-0.25, -0.2) is 0 Å². The monoisotopic (exact) mass is 397 g/mol. The first-order chi connectivity index (χ1) is 10.0. The highest BCUT2D eigenvalue weighted by atomic mass is 127. The summed E-state index contributed by atoms with van der Waals surface area (Å²) in [4.78, 5) is 22.7. The molecule has 0 aliphatic heterocycles. The van der Waals surface area contributed by atoms with E-state index in [2.05, 4.69) is 33.2 Å². The van der Waals surface area contributed by atoms with Crippen LogP contribution in [0.2, 0.25) is 0 Å². The zero-order valence-electron chi connectivity index (χ0n) is 11.1. The summed E-state index contributed by atoms with van der Waals surface area (Å²) in [5.74, 6) is -0.513. The standard InChI is InChI=1S/C14H12IN3O3/c1-16-10-5-6-13(18(20)21)12(8-10)14(19)17-11-4-2-3-9(15)7-11/h2-8,16H,1H3,(H,17,19). The fourth-order valence-corrected chi connectivity index (χ4v) is 2.34. The molecule has 7 heteroatoms. The van der Waals surface area contributed by atoms with Crippen molar-refractivity contribution in [3.05, 3.63) is 61.7 Å². The molecule has 0 spiro atoms. The molecule has 0 radical (unpaired) electrons. The van der Waals surface area contributed by atoms with E-state index in [1.165, 1.54) is 12.1 Å². The highest BCUT2D eigenvalue weighted by Crippen LogP contribution is 2.24. The van der Waals surface area contributed by atoms with Gasteiger partial charge in [0, 0.05) is 28.1 Å². The molecule has 0 heterocycles. The summed E-state index contributed by atoms with van der Waals surface area (Å²) < 4.78 is 0.962. The van der Waals surface area contributed by atoms with Crippen LogP contribution in [0.4, 0.5) is 17.1 Å². The molecule has 6 nitrogen and oxygen atoms in total. The molecule has 2 aromatic rings. The molecule has 0 aromatic heterocycles. The van der Waals surface area contributed by atoms with Crippen LogP contribution in [0.1, 0.15) is 10.4 Å². The fourth-order valence-electron chi connectivity index (χ4n) is 1.80. The van der Waals surface area contributed by atoms with Crippen LogP contribution in [0.15, 0.2) is 42.5 Å². The van der Waals surface area contributed by atoms with Crippen LogP contribution in [-0.4, -0.2) is 17.9 Å². The van der Waals surface area contributed by atoms with Crippen molar-refractivity contribution in [1.82, 2.24) is 0 Å². The first-order valence-electron chi connectivity index (χ1n) is 6.04. The number of nitrogens with zero attached hydrogens (tertiary/aromatic N) is 1. The number of nitrogens with one attached hydrogen (secondary N) is 2. The Kier molecular flexibility index (Phi) is 4.73. The number of anilines is 2. The summed E-state index contributed by atoms with van der Waals surface area (Å²) >= 11 is 2.13. The van der Waals surface area contributed by atoms with E-state index in [9.17, 15) is 14.9 Å². The van der Waals surface area contributed by atoms with E-state index < -0.39 is 10.8 Å². The van der Waals surface area contributed by atoms with Crippen LogP contribution in [0.5, 0.6) is 0 Å². The second kappa shape index (κ2) is 6.53. The lowest BCUT2D eigenvalue weighted by Gasteiger charge is -2.08. The van der Waals surface area contributed by atoms with Crippen molar-refractivity contribution in [2.75, 3.05) is 17.7 Å². The summed E-state index contributed by atoms with van der Waals surface area (Å²) in [5.41, 5.74) is 1.02. The van der Waals surface area contributed by atoms with Crippen LogP contribution in [0.3, 0.4) is 0 Å². The summed E-state index contributed by atoms with van der Waals surface area (Å²) in [5, 5.41) is 16.6. The van der Waals surface area contributed by atoms with Gasteiger partial charge in [-0.15, -0.1) is 0 Å². The van der Waals surface area contributed by atoms with Gasteiger partial charge >= 0.3 is 0 Å². The Morgan fingerprint density at radius 1 is 1.19 bits per heavy atom. The Hall–Kier alpha value is -2.16. The van der Waals surface area contributed by atoms with Crippen LogP contribution >= 0.6 is 22.6 Å². The highest BCUT2D eigenvalue weighted by molar-refractivity contribution is 14.1. The van der Waals surface area contributed by atoms with Gasteiger partial charge in [-0.2, -0.15) is 0 Å². The van der Waals surface area contributed by atoms with Crippen molar-refractivity contribution in [3.63, 3.8) is 0 Å². The number of hydrogen-bond acceptors (Lipinski definition) is 4. The number of amides is 1. The lowest BCUT2D eigenvalue weighted by atomic mass is 10.1. The third kappa shape index (κ3) is 3.69. The maximum atomic E-state index is 12.3. The smallest absolute Gasteiger partial charge is 0.282 e. The van der Waals surface area contributed by atoms with Gasteiger partial charge in [0.2, 0.25) is 0 Å². The molecular weight excluding hydrogens is 385 g/mol. The molecule has 0 fully saturated rings. The predicted molar refractivity (Wildman–Crippen MR) is 89.8 cm³/mol. The summed E-state index contributed by atoms with van der Waals surface area (Å²) in [6.07, 6.45) is 0. The molecule has 0 saturated carbocycles. The average Bonchev–Trinajstić information content (AvgIpc) is 2.46. The van der Waals surface area contributed by atoms with E-state index in [1.807, 2.05) is 6.07 Å². The highest BCUT2D eigenvalue weighted by Gasteiger charge is 2.20. The number of rotatable bonds is 4. The van der Waals surface area contributed by atoms with Crippen molar-refractivity contribution >= 4 is 45.6 Å². The van der Waals surface area contributed by atoms with Crippen LogP contribution in [0, 0.1) is 13.7 Å². The van der Waals surface area contributed by atoms with Crippen molar-refractivity contribution in [3.8, 4) is 0 Å². The maximum absolute atomic E-state index is 12.3. The quantitative estimate of drug-likeness (QED) is 0.470. The number of halogens is 1. The van der Waals surface area contributed by atoms with Crippen molar-refractivity contribution in [2.24, 2.45) is 0 Å². The van der Waals surface area contributed by atoms with Crippen LogP contribution < -0.4 is 10.6 Å². The molecule has 108 valence electrons. The molecule has 0 bridgehead atoms. The van der Waals surface area contributed by atoms with Gasteiger partial charge in [0.05, 0.1) is 4.92 Å². The summed E-state index contributed by atoms with van der Waals surface area (Å²) in [6, 6.07) is 11.5. The summed E-state index contributed by atoms with van der Waals surface area (Å²) in [6.45, 7) is 0. The predicted octanol–water partition coefficient (Wildman–Crippen LogP) is 3.49. The Morgan fingerprint density at radius 2 is 1.95 bits per heavy atom. The molecule has 1 amide bonds. The molecule has 21 heavy (non-hydrogen) atoms. The Morgan fingerprint density at radius 3 is 2.57 bits per heavy atom. The lowest BCUT2D eigenvalue weighted by molar-refractivity contribution is -0.385. The first kappa shape index (κ1) is 15.2. The first-order valence-corrected chi connectivity index (χ1v) is 7.12. The molecule has 2 N–H and O–H groups in total. The maximum Gasteiger partial charge on any atom is 0.282 e. The minimum Gasteiger partial charge on any atom is -0.388 e. The molecule has 0 aliphatic rings. The average molecular weight is 397 g/mol. The molecule has 2 rings (SSSR count). The normalized spacial score (nSPS) is 10.0. The Labute approximate surface area is 134 Å². The Bertz CT molecular complexity index is 704. The van der Waals surface area contributed by atoms with E-state index in [0.29, 0.717) is 11.4 Å². The minimum absolute atomic E-state index is 0.0192. The largest absolute Gasteiger partial charge is 0.388 e. The van der Waals surface area contributed by atoms with E-state index in [4.69, 9.17) is 0 Å². The number of carbonyl (C=O) groups excluding carboxylic acids is 1. The van der Waals surface area contributed by atoms with E-state index in [0.717, 1.165) is 3.57 Å². The zero-order chi connectivity index (χ0) is 15.4. The van der Waals surface area contributed by atoms with Gasteiger partial charge in [0.15, 0.2) is 0 Å². The second-order valence-electron chi connectivity index (χ2n) is 4.20. The zero-order valence-corrected chi connectivity index (χ0v) is 13.2. The van der Waals surface area contributed by atoms with Gasteiger partial charge in [0.25, 0.3) is 11.6 Å². The number of nitro groups is 1. The molecule has 0 saturated heterocycles. The fraction of sp³-hybridized carbons (Fsp3) is 0.0714. The van der Waals surface area contributed by atoms with Crippen molar-refractivity contribution < 1.29 is 9.72 Å². The van der Waals surface area contributed by atoms with E-state index in [-0.39, 0.29) is 11.3 Å². The topological polar surface area (TPSA) is 84.3 Å². The summed E-state index contributed by atoms with van der Waals surface area (Å²) in [7, 11) is 1.68. The number of hydrogen-bond donors (Lipinski definition) is 2. The third-order valence-corrected chi connectivity index (χ3v) is 3.48. The van der Waals surface area contributed by atoms with Gasteiger partial charge in [-0.3, -0.25) is 14.9 Å². The van der Waals surface area contributed by atoms with Crippen LogP contribution in [-0.2, 0) is 0 Å².